The first-order valence-corrected chi connectivity index (χ1v) is 9.50. The molecule has 1 fully saturated rings. The fraction of sp³-hybridized carbons (Fsp3) is 0.250. The number of hydrogen-bond donors (Lipinski definition) is 0. The second-order valence-electron chi connectivity index (χ2n) is 7.30. The number of nitrogens with zero attached hydrogens (tertiary/aromatic N) is 2. The van der Waals surface area contributed by atoms with Crippen molar-refractivity contribution in [2.45, 2.75) is 12.5 Å². The molecule has 0 aliphatic carbocycles. The van der Waals surface area contributed by atoms with E-state index in [0.29, 0.717) is 0 Å². The van der Waals surface area contributed by atoms with Gasteiger partial charge in [-0.25, -0.2) is 0 Å². The lowest BCUT2D eigenvalue weighted by molar-refractivity contribution is 0.414. The molecule has 0 saturated carbocycles. The van der Waals surface area contributed by atoms with Crippen LogP contribution in [0.15, 0.2) is 78.9 Å². The fourth-order valence-corrected chi connectivity index (χ4v) is 3.97. The third-order valence-corrected chi connectivity index (χ3v) is 5.62. The summed E-state index contributed by atoms with van der Waals surface area (Å²) in [4.78, 5) is 4.88. The van der Waals surface area contributed by atoms with Crippen molar-refractivity contribution < 1.29 is 9.47 Å². The van der Waals surface area contributed by atoms with E-state index >= 15 is 0 Å². The number of ether oxygens (including phenoxy) is 2. The lowest BCUT2D eigenvalue weighted by Crippen LogP contribution is -2.40. The maximum atomic E-state index is 5.34. The minimum Gasteiger partial charge on any atom is -0.497 e. The van der Waals surface area contributed by atoms with Gasteiger partial charge in [0.15, 0.2) is 0 Å². The van der Waals surface area contributed by atoms with Crippen molar-refractivity contribution in [2.24, 2.45) is 0 Å². The van der Waals surface area contributed by atoms with Crippen LogP contribution in [0.25, 0.3) is 0 Å². The van der Waals surface area contributed by atoms with Gasteiger partial charge in [-0.2, -0.15) is 0 Å². The van der Waals surface area contributed by atoms with E-state index in [1.807, 2.05) is 24.3 Å². The lowest BCUT2D eigenvalue weighted by Gasteiger charge is -2.36. The molecule has 4 nitrogen and oxygen atoms in total. The average Bonchev–Trinajstić information content (AvgIpc) is 3.13. The van der Waals surface area contributed by atoms with Gasteiger partial charge in [-0.15, -0.1) is 0 Å². The molecule has 28 heavy (non-hydrogen) atoms. The quantitative estimate of drug-likeness (QED) is 0.634. The van der Waals surface area contributed by atoms with Gasteiger partial charge in [-0.3, -0.25) is 0 Å². The first kappa shape index (κ1) is 18.2. The van der Waals surface area contributed by atoms with E-state index in [0.717, 1.165) is 24.7 Å². The largest absolute Gasteiger partial charge is 0.497 e. The molecule has 1 aliphatic heterocycles. The first-order valence-electron chi connectivity index (χ1n) is 9.50. The molecule has 0 spiro atoms. The Bertz CT molecular complexity index is 910. The molecule has 0 amide bonds. The van der Waals surface area contributed by atoms with Crippen LogP contribution in [0.1, 0.15) is 12.5 Å². The van der Waals surface area contributed by atoms with Gasteiger partial charge in [0.1, 0.15) is 11.5 Å². The summed E-state index contributed by atoms with van der Waals surface area (Å²) in [5, 5.41) is 0. The summed E-state index contributed by atoms with van der Waals surface area (Å²) >= 11 is 0. The second-order valence-corrected chi connectivity index (χ2v) is 7.30. The van der Waals surface area contributed by atoms with E-state index in [1.54, 1.807) is 14.2 Å². The molecule has 1 aliphatic rings. The predicted molar refractivity (Wildman–Crippen MR) is 114 cm³/mol. The molecular weight excluding hydrogens is 348 g/mol. The van der Waals surface area contributed by atoms with Crippen LogP contribution in [0, 0.1) is 0 Å². The van der Waals surface area contributed by atoms with Crippen molar-refractivity contribution >= 4 is 11.4 Å². The topological polar surface area (TPSA) is 24.9 Å². The van der Waals surface area contributed by atoms with Gasteiger partial charge in [0.25, 0.3) is 0 Å². The molecule has 0 N–H and O–H groups in total. The fourth-order valence-electron chi connectivity index (χ4n) is 3.97. The van der Waals surface area contributed by atoms with Gasteiger partial charge in [0.05, 0.1) is 26.4 Å². The van der Waals surface area contributed by atoms with Gasteiger partial charge in [0.2, 0.25) is 0 Å². The van der Waals surface area contributed by atoms with E-state index in [4.69, 9.17) is 9.47 Å². The highest BCUT2D eigenvalue weighted by Gasteiger charge is 2.42. The zero-order chi connectivity index (χ0) is 19.6. The molecular formula is C24H26N2O2. The SMILES string of the molecule is COc1ccc(N2CN(c3ccc(OC)cc3)C(C)(c3ccccc3)C2)cc1. The molecule has 0 aromatic heterocycles. The van der Waals surface area contributed by atoms with Crippen LogP contribution in [0.5, 0.6) is 11.5 Å². The van der Waals surface area contributed by atoms with E-state index < -0.39 is 0 Å². The predicted octanol–water partition coefficient (Wildman–Crippen LogP) is 4.90. The summed E-state index contributed by atoms with van der Waals surface area (Å²) in [5.74, 6) is 1.75. The highest BCUT2D eigenvalue weighted by molar-refractivity contribution is 5.61. The van der Waals surface area contributed by atoms with E-state index in [9.17, 15) is 0 Å². The van der Waals surface area contributed by atoms with E-state index in [2.05, 4.69) is 71.3 Å². The summed E-state index contributed by atoms with van der Waals surface area (Å²) in [5.41, 5.74) is 3.54. The standard InChI is InChI=1S/C24H26N2O2/c1-24(19-7-5-4-6-8-19)17-25(20-9-13-22(27-2)14-10-20)18-26(24)21-11-15-23(28-3)16-12-21/h4-16H,17-18H2,1-3H3. The zero-order valence-corrected chi connectivity index (χ0v) is 16.6. The van der Waals surface area contributed by atoms with Crippen LogP contribution >= 0.6 is 0 Å². The Morgan fingerprint density at radius 2 is 1.25 bits per heavy atom. The van der Waals surface area contributed by atoms with Crippen LogP contribution in [0.4, 0.5) is 11.4 Å². The summed E-state index contributed by atoms with van der Waals surface area (Å²) in [7, 11) is 3.40. The Morgan fingerprint density at radius 1 is 0.714 bits per heavy atom. The van der Waals surface area contributed by atoms with Crippen molar-refractivity contribution in [2.75, 3.05) is 37.2 Å². The molecule has 3 aromatic rings. The third-order valence-electron chi connectivity index (χ3n) is 5.62. The third kappa shape index (κ3) is 3.26. The van der Waals surface area contributed by atoms with Crippen LogP contribution in [-0.2, 0) is 5.54 Å². The van der Waals surface area contributed by atoms with Crippen LogP contribution in [0.2, 0.25) is 0 Å². The van der Waals surface area contributed by atoms with Gasteiger partial charge in [0, 0.05) is 17.9 Å². The van der Waals surface area contributed by atoms with Crippen molar-refractivity contribution in [3.63, 3.8) is 0 Å². The summed E-state index contributed by atoms with van der Waals surface area (Å²) in [6.07, 6.45) is 0. The van der Waals surface area contributed by atoms with E-state index in [-0.39, 0.29) is 5.54 Å². The average molecular weight is 374 g/mol. The molecule has 1 heterocycles. The lowest BCUT2D eigenvalue weighted by atomic mass is 9.90. The Balaban J connectivity index is 1.72. The molecule has 0 bridgehead atoms. The Morgan fingerprint density at radius 3 is 1.79 bits per heavy atom. The number of methoxy groups -OCH3 is 2. The molecule has 1 atom stereocenters. The summed E-state index contributed by atoms with van der Waals surface area (Å²) in [6.45, 7) is 4.02. The molecule has 4 rings (SSSR count). The van der Waals surface area contributed by atoms with Gasteiger partial charge in [-0.1, -0.05) is 30.3 Å². The van der Waals surface area contributed by atoms with Crippen LogP contribution < -0.4 is 19.3 Å². The van der Waals surface area contributed by atoms with Crippen LogP contribution in [-0.4, -0.2) is 27.4 Å². The maximum absolute atomic E-state index is 5.34. The molecule has 4 heteroatoms. The number of hydrogen-bond acceptors (Lipinski definition) is 4. The Hall–Kier alpha value is -3.14. The summed E-state index contributed by atoms with van der Waals surface area (Å²) < 4.78 is 10.7. The van der Waals surface area contributed by atoms with Crippen molar-refractivity contribution in [1.82, 2.24) is 0 Å². The van der Waals surface area contributed by atoms with E-state index in [1.165, 1.54) is 16.9 Å². The van der Waals surface area contributed by atoms with Crippen molar-refractivity contribution in [3.8, 4) is 11.5 Å². The maximum Gasteiger partial charge on any atom is 0.119 e. The minimum absolute atomic E-state index is 0.143. The number of benzene rings is 3. The summed E-state index contributed by atoms with van der Waals surface area (Å²) in [6, 6.07) is 27.3. The normalized spacial score (nSPS) is 19.0. The molecule has 144 valence electrons. The molecule has 1 unspecified atom stereocenters. The first-order chi connectivity index (χ1) is 13.6. The van der Waals surface area contributed by atoms with Gasteiger partial charge >= 0.3 is 0 Å². The van der Waals surface area contributed by atoms with Crippen molar-refractivity contribution in [3.05, 3.63) is 84.4 Å². The molecule has 3 aromatic carbocycles. The van der Waals surface area contributed by atoms with Crippen LogP contribution in [0.3, 0.4) is 0 Å². The van der Waals surface area contributed by atoms with Gasteiger partial charge < -0.3 is 19.3 Å². The Labute approximate surface area is 166 Å². The highest BCUT2D eigenvalue weighted by Crippen LogP contribution is 2.40. The minimum atomic E-state index is -0.143. The highest BCUT2D eigenvalue weighted by atomic mass is 16.5. The smallest absolute Gasteiger partial charge is 0.119 e. The second kappa shape index (κ2) is 7.47. The van der Waals surface area contributed by atoms with Crippen molar-refractivity contribution in [1.29, 1.82) is 0 Å². The molecule has 0 radical (unpaired) electrons. The number of rotatable bonds is 5. The van der Waals surface area contributed by atoms with Gasteiger partial charge in [-0.05, 0) is 61.0 Å². The zero-order valence-electron chi connectivity index (χ0n) is 16.6. The molecule has 1 saturated heterocycles. The monoisotopic (exact) mass is 374 g/mol. The number of anilines is 2. The Kier molecular flexibility index (Phi) is 4.86.